The van der Waals surface area contributed by atoms with Crippen LogP contribution in [0.4, 0.5) is 33.2 Å². The van der Waals surface area contributed by atoms with Crippen molar-refractivity contribution in [3.05, 3.63) is 120 Å². The molecule has 0 aliphatic carbocycles. The van der Waals surface area contributed by atoms with E-state index in [4.69, 9.17) is 0 Å². The third-order valence-corrected chi connectivity index (χ3v) is 4.65. The number of aromatic nitrogens is 1. The lowest BCUT2D eigenvalue weighted by atomic mass is 10.2. The lowest BCUT2D eigenvalue weighted by Gasteiger charge is -2.30. The summed E-state index contributed by atoms with van der Waals surface area (Å²) in [5.74, 6) is 0. The fraction of sp³-hybridized carbons (Fsp3) is 0. The Morgan fingerprint density at radius 1 is 0.677 bits per heavy atom. The molecule has 0 saturated heterocycles. The molecule has 0 aliphatic heterocycles. The van der Waals surface area contributed by atoms with Crippen LogP contribution in [0.25, 0.3) is 0 Å². The van der Waals surface area contributed by atoms with Crippen molar-refractivity contribution in [1.82, 2.24) is 4.98 Å². The van der Waals surface area contributed by atoms with Crippen LogP contribution in [0.1, 0.15) is 0 Å². The average molecular weight is 410 g/mol. The molecule has 2 amide bonds. The van der Waals surface area contributed by atoms with Gasteiger partial charge in [-0.15, -0.1) is 0 Å². The fourth-order valence-electron chi connectivity index (χ4n) is 3.28. The summed E-state index contributed by atoms with van der Waals surface area (Å²) >= 11 is 0. The van der Waals surface area contributed by atoms with Gasteiger partial charge in [-0.25, -0.2) is 4.79 Å². The van der Waals surface area contributed by atoms with Gasteiger partial charge in [-0.3, -0.25) is 24.9 Å². The standard InChI is InChI=1S/C24H18N4O3/c29-24(26(19-9-3-1-4-10-19)20-11-5-2-6-12-20)27(21-15-17-25-18-16-21)22-13-7-8-14-23(22)28(30)31/h1-18H. The van der Waals surface area contributed by atoms with Crippen LogP contribution in [-0.2, 0) is 0 Å². The normalized spacial score (nSPS) is 10.3. The quantitative estimate of drug-likeness (QED) is 0.295. The van der Waals surface area contributed by atoms with E-state index >= 15 is 0 Å². The highest BCUT2D eigenvalue weighted by molar-refractivity contribution is 6.13. The number of nitro groups is 1. The first kappa shape index (κ1) is 19.8. The summed E-state index contributed by atoms with van der Waals surface area (Å²) in [6.07, 6.45) is 3.08. The second kappa shape index (κ2) is 8.87. The Balaban J connectivity index is 1.92. The van der Waals surface area contributed by atoms with Gasteiger partial charge in [-0.2, -0.15) is 0 Å². The van der Waals surface area contributed by atoms with Gasteiger partial charge >= 0.3 is 6.03 Å². The van der Waals surface area contributed by atoms with E-state index in [9.17, 15) is 14.9 Å². The Kier molecular flexibility index (Phi) is 5.66. The number of nitro benzene ring substituents is 1. The first-order valence-electron chi connectivity index (χ1n) is 9.54. The van der Waals surface area contributed by atoms with Crippen LogP contribution in [0.3, 0.4) is 0 Å². The van der Waals surface area contributed by atoms with Crippen LogP contribution >= 0.6 is 0 Å². The second-order valence-electron chi connectivity index (χ2n) is 6.58. The minimum absolute atomic E-state index is 0.167. The Morgan fingerprint density at radius 2 is 1.16 bits per heavy atom. The molecular formula is C24H18N4O3. The van der Waals surface area contributed by atoms with Crippen LogP contribution < -0.4 is 9.80 Å². The number of urea groups is 1. The molecule has 4 rings (SSSR count). The number of pyridine rings is 1. The number of hydrogen-bond acceptors (Lipinski definition) is 4. The maximum atomic E-state index is 14.0. The van der Waals surface area contributed by atoms with Crippen molar-refractivity contribution in [2.24, 2.45) is 0 Å². The zero-order valence-electron chi connectivity index (χ0n) is 16.4. The third kappa shape index (κ3) is 4.11. The van der Waals surface area contributed by atoms with E-state index in [2.05, 4.69) is 4.98 Å². The van der Waals surface area contributed by atoms with Gasteiger partial charge in [-0.1, -0.05) is 48.5 Å². The highest BCUT2D eigenvalue weighted by Crippen LogP contribution is 2.37. The number of hydrogen-bond donors (Lipinski definition) is 0. The number of carbonyl (C=O) groups excluding carboxylic acids is 1. The molecule has 0 atom stereocenters. The van der Waals surface area contributed by atoms with E-state index in [1.807, 2.05) is 60.7 Å². The van der Waals surface area contributed by atoms with Crippen LogP contribution in [0.2, 0.25) is 0 Å². The minimum atomic E-state index is -0.494. The monoisotopic (exact) mass is 410 g/mol. The average Bonchev–Trinajstić information content (AvgIpc) is 2.82. The molecule has 0 aliphatic rings. The number of benzene rings is 3. The first-order valence-corrected chi connectivity index (χ1v) is 9.54. The summed E-state index contributed by atoms with van der Waals surface area (Å²) in [5, 5.41) is 11.7. The second-order valence-corrected chi connectivity index (χ2v) is 6.58. The number of carbonyl (C=O) groups is 1. The smallest absolute Gasteiger partial charge is 0.265 e. The van der Waals surface area contributed by atoms with Gasteiger partial charge < -0.3 is 0 Å². The lowest BCUT2D eigenvalue weighted by Crippen LogP contribution is -2.38. The van der Waals surface area contributed by atoms with Crippen molar-refractivity contribution in [2.45, 2.75) is 0 Å². The Labute approximate surface area is 179 Å². The van der Waals surface area contributed by atoms with Crippen LogP contribution in [0, 0.1) is 10.1 Å². The molecule has 4 aromatic rings. The van der Waals surface area contributed by atoms with Crippen molar-refractivity contribution in [3.8, 4) is 0 Å². The first-order chi connectivity index (χ1) is 15.2. The van der Waals surface area contributed by atoms with Crippen LogP contribution in [0.5, 0.6) is 0 Å². The number of para-hydroxylation sites is 4. The van der Waals surface area contributed by atoms with Crippen LogP contribution in [-0.4, -0.2) is 15.9 Å². The highest BCUT2D eigenvalue weighted by atomic mass is 16.6. The summed E-state index contributed by atoms with van der Waals surface area (Å²) in [6, 6.07) is 27.3. The number of amides is 2. The molecule has 0 spiro atoms. The van der Waals surface area contributed by atoms with Crippen molar-refractivity contribution < 1.29 is 9.72 Å². The topological polar surface area (TPSA) is 79.6 Å². The molecule has 152 valence electrons. The zero-order chi connectivity index (χ0) is 21.6. The van der Waals surface area contributed by atoms with E-state index < -0.39 is 11.0 Å². The van der Waals surface area contributed by atoms with Gasteiger partial charge in [0, 0.05) is 18.5 Å². The molecule has 31 heavy (non-hydrogen) atoms. The molecular weight excluding hydrogens is 392 g/mol. The van der Waals surface area contributed by atoms with E-state index in [1.54, 1.807) is 42.7 Å². The predicted molar refractivity (Wildman–Crippen MR) is 120 cm³/mol. The molecule has 0 bridgehead atoms. The molecule has 1 aromatic heterocycles. The van der Waals surface area contributed by atoms with E-state index in [1.165, 1.54) is 15.9 Å². The third-order valence-electron chi connectivity index (χ3n) is 4.65. The zero-order valence-corrected chi connectivity index (χ0v) is 16.4. The van der Waals surface area contributed by atoms with Gasteiger partial charge in [0.2, 0.25) is 0 Å². The largest absolute Gasteiger partial charge is 0.338 e. The predicted octanol–water partition coefficient (Wildman–Crippen LogP) is 6.09. The van der Waals surface area contributed by atoms with E-state index in [-0.39, 0.29) is 11.4 Å². The number of nitrogens with zero attached hydrogens (tertiary/aromatic N) is 4. The summed E-state index contributed by atoms with van der Waals surface area (Å²) in [4.78, 5) is 32.1. The summed E-state index contributed by atoms with van der Waals surface area (Å²) < 4.78 is 0. The van der Waals surface area contributed by atoms with Gasteiger partial charge in [0.1, 0.15) is 5.69 Å². The number of anilines is 4. The molecule has 0 unspecified atom stereocenters. The minimum Gasteiger partial charge on any atom is -0.265 e. The molecule has 7 heteroatoms. The Hall–Kier alpha value is -4.52. The summed E-state index contributed by atoms with van der Waals surface area (Å²) in [6.45, 7) is 0. The van der Waals surface area contributed by atoms with Crippen molar-refractivity contribution in [2.75, 3.05) is 9.80 Å². The van der Waals surface area contributed by atoms with Crippen LogP contribution in [0.15, 0.2) is 109 Å². The molecule has 3 aromatic carbocycles. The van der Waals surface area contributed by atoms with Gasteiger partial charge in [0.25, 0.3) is 5.69 Å². The van der Waals surface area contributed by atoms with Crippen molar-refractivity contribution in [1.29, 1.82) is 0 Å². The summed E-state index contributed by atoms with van der Waals surface area (Å²) in [7, 11) is 0. The molecule has 0 N–H and O–H groups in total. The Bertz CT molecular complexity index is 1150. The SMILES string of the molecule is O=C(N(c1ccccc1)c1ccccc1)N(c1ccncc1)c1ccccc1[N+](=O)[O-]. The molecule has 0 saturated carbocycles. The lowest BCUT2D eigenvalue weighted by molar-refractivity contribution is -0.384. The van der Waals surface area contributed by atoms with Gasteiger partial charge in [-0.05, 0) is 42.5 Å². The maximum absolute atomic E-state index is 14.0. The number of rotatable bonds is 5. The fourth-order valence-corrected chi connectivity index (χ4v) is 3.28. The van der Waals surface area contributed by atoms with Crippen molar-refractivity contribution in [3.63, 3.8) is 0 Å². The van der Waals surface area contributed by atoms with Gasteiger partial charge in [0.15, 0.2) is 0 Å². The van der Waals surface area contributed by atoms with E-state index in [0.29, 0.717) is 17.1 Å². The molecule has 0 radical (unpaired) electrons. The molecule has 7 nitrogen and oxygen atoms in total. The Morgan fingerprint density at radius 3 is 1.71 bits per heavy atom. The molecule has 0 fully saturated rings. The van der Waals surface area contributed by atoms with E-state index in [0.717, 1.165) is 0 Å². The highest BCUT2D eigenvalue weighted by Gasteiger charge is 2.31. The van der Waals surface area contributed by atoms with Gasteiger partial charge in [0.05, 0.1) is 22.0 Å². The van der Waals surface area contributed by atoms with Crippen molar-refractivity contribution >= 4 is 34.5 Å². The summed E-state index contributed by atoms with van der Waals surface area (Å²) in [5.41, 5.74) is 1.73. The molecule has 1 heterocycles. The maximum Gasteiger partial charge on any atom is 0.338 e.